The number of benzene rings is 1. The van der Waals surface area contributed by atoms with Crippen molar-refractivity contribution >= 4 is 84.2 Å². The number of nitrogens with one attached hydrogen (secondary N) is 2. The summed E-state index contributed by atoms with van der Waals surface area (Å²) in [5.74, 6) is 0.225. The lowest BCUT2D eigenvalue weighted by Crippen LogP contribution is -2.14. The van der Waals surface area contributed by atoms with Gasteiger partial charge in [0.2, 0.25) is 11.8 Å². The highest BCUT2D eigenvalue weighted by Gasteiger charge is 2.10. The number of carbonyl (C=O) groups is 2. The van der Waals surface area contributed by atoms with E-state index in [1.807, 2.05) is 18.2 Å². The molecule has 134 valence electrons. The van der Waals surface area contributed by atoms with Crippen molar-refractivity contribution in [2.75, 3.05) is 22.3 Å². The summed E-state index contributed by atoms with van der Waals surface area (Å²) in [6, 6.07) is 8.97. The number of thiazole rings is 1. The second-order valence-electron chi connectivity index (χ2n) is 5.04. The van der Waals surface area contributed by atoms with E-state index < -0.39 is 0 Å². The first-order valence-corrected chi connectivity index (χ1v) is 10.5. The molecule has 0 spiro atoms. The minimum absolute atomic E-state index is 0.0931. The van der Waals surface area contributed by atoms with Crippen LogP contribution in [0.4, 0.5) is 11.5 Å². The van der Waals surface area contributed by atoms with Crippen molar-refractivity contribution < 1.29 is 9.59 Å². The van der Waals surface area contributed by atoms with Crippen LogP contribution in [-0.4, -0.2) is 33.4 Å². The van der Waals surface area contributed by atoms with E-state index in [4.69, 9.17) is 11.6 Å². The molecule has 10 heteroatoms. The van der Waals surface area contributed by atoms with Gasteiger partial charge in [0.1, 0.15) is 11.7 Å². The molecule has 2 N–H and O–H groups in total. The molecule has 0 unspecified atom stereocenters. The number of halogens is 2. The molecule has 0 bridgehead atoms. The maximum Gasteiger partial charge on any atom is 0.239 e. The van der Waals surface area contributed by atoms with Crippen LogP contribution in [0.1, 0.15) is 0 Å². The van der Waals surface area contributed by atoms with Gasteiger partial charge in [-0.25, -0.2) is 9.97 Å². The van der Waals surface area contributed by atoms with Crippen LogP contribution in [0, 0.1) is 0 Å². The molecule has 0 saturated carbocycles. The number of hydrogen-bond donors (Lipinski definition) is 2. The van der Waals surface area contributed by atoms with Gasteiger partial charge in [0.25, 0.3) is 0 Å². The molecule has 0 aliphatic rings. The number of nitrogens with zero attached hydrogens (tertiary/aromatic N) is 2. The Balaban J connectivity index is 1.60. The van der Waals surface area contributed by atoms with Gasteiger partial charge in [0, 0.05) is 16.4 Å². The fraction of sp³-hybridized carbons (Fsp3) is 0.125. The zero-order chi connectivity index (χ0) is 18.5. The van der Waals surface area contributed by atoms with Crippen LogP contribution in [0.3, 0.4) is 0 Å². The molecular weight excluding hydrogens is 460 g/mol. The smallest absolute Gasteiger partial charge is 0.239 e. The summed E-state index contributed by atoms with van der Waals surface area (Å²) in [5, 5.41) is 5.44. The fourth-order valence-corrected chi connectivity index (χ4v) is 4.20. The number of amides is 2. The minimum Gasteiger partial charge on any atom is -0.325 e. The van der Waals surface area contributed by atoms with Crippen molar-refractivity contribution in [3.8, 4) is 0 Å². The molecule has 26 heavy (non-hydrogen) atoms. The standard InChI is InChI=1S/C16H12BrClN4O2S2/c17-9-1-4-13(19-7-9)22-15(24)8-25-16-21-11-3-2-10(5-12(11)26-16)20-14(23)6-18/h1-5,7H,6,8H2,(H,20,23)(H,19,22,24). The van der Waals surface area contributed by atoms with Crippen LogP contribution in [-0.2, 0) is 9.59 Å². The molecule has 0 aliphatic carbocycles. The molecule has 0 atom stereocenters. The first-order chi connectivity index (χ1) is 12.5. The summed E-state index contributed by atoms with van der Waals surface area (Å²) < 4.78 is 2.55. The van der Waals surface area contributed by atoms with Crippen molar-refractivity contribution in [2.24, 2.45) is 0 Å². The zero-order valence-electron chi connectivity index (χ0n) is 13.2. The van der Waals surface area contributed by atoms with Crippen LogP contribution < -0.4 is 10.6 Å². The Morgan fingerprint density at radius 3 is 2.77 bits per heavy atom. The number of fused-ring (bicyclic) bond motifs is 1. The molecule has 1 aromatic carbocycles. The Hall–Kier alpha value is -1.68. The number of thioether (sulfide) groups is 1. The van der Waals surface area contributed by atoms with Crippen LogP contribution in [0.5, 0.6) is 0 Å². The van der Waals surface area contributed by atoms with Crippen molar-refractivity contribution in [1.29, 1.82) is 0 Å². The van der Waals surface area contributed by atoms with Gasteiger partial charge >= 0.3 is 0 Å². The van der Waals surface area contributed by atoms with Crippen molar-refractivity contribution in [1.82, 2.24) is 9.97 Å². The Bertz CT molecular complexity index is 949. The number of carbonyl (C=O) groups excluding carboxylic acids is 2. The van der Waals surface area contributed by atoms with Gasteiger partial charge in [-0.05, 0) is 46.3 Å². The van der Waals surface area contributed by atoms with E-state index in [2.05, 4.69) is 36.5 Å². The lowest BCUT2D eigenvalue weighted by atomic mass is 10.3. The SMILES string of the molecule is O=C(CCl)Nc1ccc2nc(SCC(=O)Nc3ccc(Br)cn3)sc2c1. The number of rotatable bonds is 6. The van der Waals surface area contributed by atoms with Gasteiger partial charge in [-0.15, -0.1) is 22.9 Å². The summed E-state index contributed by atoms with van der Waals surface area (Å²) in [6.07, 6.45) is 1.62. The van der Waals surface area contributed by atoms with Gasteiger partial charge in [-0.1, -0.05) is 11.8 Å². The molecule has 2 heterocycles. The van der Waals surface area contributed by atoms with Crippen LogP contribution >= 0.6 is 50.6 Å². The number of anilines is 2. The molecule has 3 rings (SSSR count). The Labute approximate surface area is 170 Å². The Morgan fingerprint density at radius 1 is 1.19 bits per heavy atom. The Morgan fingerprint density at radius 2 is 2.04 bits per heavy atom. The molecule has 6 nitrogen and oxygen atoms in total. The molecule has 0 radical (unpaired) electrons. The van der Waals surface area contributed by atoms with Crippen molar-refractivity contribution in [3.63, 3.8) is 0 Å². The van der Waals surface area contributed by atoms with E-state index in [9.17, 15) is 9.59 Å². The number of aromatic nitrogens is 2. The molecule has 0 fully saturated rings. The van der Waals surface area contributed by atoms with Crippen LogP contribution in [0.2, 0.25) is 0 Å². The number of alkyl halides is 1. The van der Waals surface area contributed by atoms with E-state index in [1.54, 1.807) is 18.3 Å². The molecular formula is C16H12BrClN4O2S2. The summed E-state index contributed by atoms with van der Waals surface area (Å²) in [7, 11) is 0. The normalized spacial score (nSPS) is 10.7. The minimum atomic E-state index is -0.261. The number of pyridine rings is 1. The largest absolute Gasteiger partial charge is 0.325 e. The highest BCUT2D eigenvalue weighted by atomic mass is 79.9. The lowest BCUT2D eigenvalue weighted by Gasteiger charge is -2.02. The maximum atomic E-state index is 12.0. The Kier molecular flexibility index (Phi) is 6.47. The quantitative estimate of drug-likeness (QED) is 0.412. The monoisotopic (exact) mass is 470 g/mol. The summed E-state index contributed by atoms with van der Waals surface area (Å²) >= 11 is 11.6. The average Bonchev–Trinajstić information content (AvgIpc) is 3.04. The summed E-state index contributed by atoms with van der Waals surface area (Å²) in [6.45, 7) is 0. The first-order valence-electron chi connectivity index (χ1n) is 7.34. The second-order valence-corrected chi connectivity index (χ2v) is 8.48. The van der Waals surface area contributed by atoms with Crippen LogP contribution in [0.25, 0.3) is 10.2 Å². The molecule has 3 aromatic rings. The molecule has 2 amide bonds. The predicted molar refractivity (Wildman–Crippen MR) is 110 cm³/mol. The van der Waals surface area contributed by atoms with Gasteiger partial charge < -0.3 is 10.6 Å². The zero-order valence-corrected chi connectivity index (χ0v) is 17.1. The van der Waals surface area contributed by atoms with E-state index >= 15 is 0 Å². The third-order valence-corrected chi connectivity index (χ3v) is 5.97. The topological polar surface area (TPSA) is 84.0 Å². The fourth-order valence-electron chi connectivity index (χ4n) is 1.99. The summed E-state index contributed by atoms with van der Waals surface area (Å²) in [4.78, 5) is 32.0. The third-order valence-electron chi connectivity index (χ3n) is 3.10. The molecule has 0 aliphatic heterocycles. The van der Waals surface area contributed by atoms with Crippen molar-refractivity contribution in [2.45, 2.75) is 4.34 Å². The van der Waals surface area contributed by atoms with Gasteiger partial charge in [0.15, 0.2) is 4.34 Å². The average molecular weight is 472 g/mol. The highest BCUT2D eigenvalue weighted by molar-refractivity contribution is 9.10. The maximum absolute atomic E-state index is 12.0. The van der Waals surface area contributed by atoms with E-state index in [0.29, 0.717) is 11.5 Å². The van der Waals surface area contributed by atoms with Gasteiger partial charge in [-0.3, -0.25) is 9.59 Å². The molecule has 2 aromatic heterocycles. The van der Waals surface area contributed by atoms with Crippen molar-refractivity contribution in [3.05, 3.63) is 41.0 Å². The second kappa shape index (κ2) is 8.81. The van der Waals surface area contributed by atoms with E-state index in [-0.39, 0.29) is 23.4 Å². The summed E-state index contributed by atoms with van der Waals surface area (Å²) in [5.41, 5.74) is 1.48. The predicted octanol–water partition coefficient (Wildman–Crippen LogP) is 4.36. The van der Waals surface area contributed by atoms with Gasteiger partial charge in [0.05, 0.1) is 16.0 Å². The number of hydrogen-bond acceptors (Lipinski definition) is 6. The lowest BCUT2D eigenvalue weighted by molar-refractivity contribution is -0.114. The van der Waals surface area contributed by atoms with Crippen LogP contribution in [0.15, 0.2) is 45.3 Å². The van der Waals surface area contributed by atoms with E-state index in [1.165, 1.54) is 23.1 Å². The first kappa shape index (κ1) is 19.1. The highest BCUT2D eigenvalue weighted by Crippen LogP contribution is 2.31. The molecule has 0 saturated heterocycles. The van der Waals surface area contributed by atoms with Gasteiger partial charge in [-0.2, -0.15) is 0 Å². The van der Waals surface area contributed by atoms with E-state index in [0.717, 1.165) is 19.0 Å². The third kappa shape index (κ3) is 5.16.